The van der Waals surface area contributed by atoms with E-state index in [1.165, 1.54) is 7.11 Å². The van der Waals surface area contributed by atoms with Crippen LogP contribution in [0.25, 0.3) is 22.3 Å². The van der Waals surface area contributed by atoms with E-state index >= 15 is 0 Å². The molecule has 0 unspecified atom stereocenters. The topological polar surface area (TPSA) is 145 Å². The van der Waals surface area contributed by atoms with Gasteiger partial charge in [0.1, 0.15) is 17.7 Å². The second-order valence-electron chi connectivity index (χ2n) is 14.6. The number of hydrogen-bond donors (Lipinski definition) is 4. The van der Waals surface area contributed by atoms with Gasteiger partial charge in [-0.25, -0.2) is 14.8 Å². The Morgan fingerprint density at radius 3 is 2.37 bits per heavy atom. The molecular formula is C40H49N7O4. The number of likely N-dealkylation sites (tertiary alicyclic amines) is 1. The van der Waals surface area contributed by atoms with Gasteiger partial charge in [0.05, 0.1) is 36.1 Å². The Bertz CT molecular complexity index is 1930. The summed E-state index contributed by atoms with van der Waals surface area (Å²) in [5.74, 6) is 8.48. The second kappa shape index (κ2) is 15.4. The monoisotopic (exact) mass is 691 g/mol. The Labute approximate surface area is 299 Å². The predicted octanol–water partition coefficient (Wildman–Crippen LogP) is 6.44. The van der Waals surface area contributed by atoms with Crippen molar-refractivity contribution in [1.29, 1.82) is 0 Å². The lowest BCUT2D eigenvalue weighted by atomic mass is 9.96. The van der Waals surface area contributed by atoms with Gasteiger partial charge in [-0.05, 0) is 73.4 Å². The molecule has 1 saturated heterocycles. The Hall–Kier alpha value is -5.11. The Kier molecular flexibility index (Phi) is 10.8. The van der Waals surface area contributed by atoms with Crippen molar-refractivity contribution in [2.75, 3.05) is 13.7 Å². The highest BCUT2D eigenvalue weighted by molar-refractivity contribution is 5.86. The summed E-state index contributed by atoms with van der Waals surface area (Å²) >= 11 is 0. The quantitative estimate of drug-likeness (QED) is 0.149. The van der Waals surface area contributed by atoms with Crippen molar-refractivity contribution in [3.63, 3.8) is 0 Å². The number of carbonyl (C=O) groups is 3. The molecule has 3 heterocycles. The van der Waals surface area contributed by atoms with Gasteiger partial charge in [0, 0.05) is 35.5 Å². The van der Waals surface area contributed by atoms with Gasteiger partial charge < -0.3 is 30.2 Å². The lowest BCUT2D eigenvalue weighted by Gasteiger charge is -2.27. The highest BCUT2D eigenvalue weighted by Crippen LogP contribution is 2.35. The molecule has 4 N–H and O–H groups in total. The third-order valence-electron chi connectivity index (χ3n) is 10.5. The third kappa shape index (κ3) is 7.95. The molecule has 1 aliphatic heterocycles. The summed E-state index contributed by atoms with van der Waals surface area (Å²) in [6.45, 7) is 10.8. The molecule has 1 aliphatic carbocycles. The molecule has 0 bridgehead atoms. The molecule has 0 radical (unpaired) electrons. The molecule has 11 nitrogen and oxygen atoms in total. The van der Waals surface area contributed by atoms with Gasteiger partial charge in [-0.1, -0.05) is 65.0 Å². The fraction of sp³-hybridized carbons (Fsp3) is 0.475. The highest BCUT2D eigenvalue weighted by Gasteiger charge is 2.36. The predicted molar refractivity (Wildman–Crippen MR) is 196 cm³/mol. The summed E-state index contributed by atoms with van der Waals surface area (Å²) in [7, 11) is 1.29. The van der Waals surface area contributed by atoms with Crippen molar-refractivity contribution in [2.45, 2.75) is 90.8 Å². The van der Waals surface area contributed by atoms with Crippen molar-refractivity contribution in [3.05, 3.63) is 71.4 Å². The zero-order chi connectivity index (χ0) is 36.2. The molecule has 268 valence electrons. The van der Waals surface area contributed by atoms with Crippen molar-refractivity contribution >= 4 is 28.9 Å². The lowest BCUT2D eigenvalue weighted by Crippen LogP contribution is -2.52. The molecule has 5 atom stereocenters. The van der Waals surface area contributed by atoms with Crippen molar-refractivity contribution in [1.82, 2.24) is 35.5 Å². The highest BCUT2D eigenvalue weighted by atomic mass is 16.5. The van der Waals surface area contributed by atoms with Gasteiger partial charge in [-0.2, -0.15) is 0 Å². The van der Waals surface area contributed by atoms with Gasteiger partial charge >= 0.3 is 6.09 Å². The average Bonchev–Trinajstić information content (AvgIpc) is 3.95. The second-order valence-corrected chi connectivity index (χ2v) is 14.6. The molecule has 51 heavy (non-hydrogen) atoms. The zero-order valence-electron chi connectivity index (χ0n) is 30.4. The first-order valence-corrected chi connectivity index (χ1v) is 18.1. The molecule has 2 fully saturated rings. The van der Waals surface area contributed by atoms with E-state index in [9.17, 15) is 14.4 Å². The first-order chi connectivity index (χ1) is 24.5. The van der Waals surface area contributed by atoms with Gasteiger partial charge in [0.2, 0.25) is 11.8 Å². The summed E-state index contributed by atoms with van der Waals surface area (Å²) in [5, 5.41) is 5.80. The number of methoxy groups -OCH3 is 1. The Balaban J connectivity index is 1.10. The molecule has 3 amide bonds. The minimum absolute atomic E-state index is 0.0171. The van der Waals surface area contributed by atoms with Crippen LogP contribution in [0.4, 0.5) is 4.79 Å². The van der Waals surface area contributed by atoms with E-state index < -0.39 is 12.1 Å². The maximum atomic E-state index is 13.2. The van der Waals surface area contributed by atoms with E-state index in [1.807, 2.05) is 74.3 Å². The number of ether oxygens (including phenoxy) is 1. The van der Waals surface area contributed by atoms with Crippen LogP contribution in [0.2, 0.25) is 0 Å². The summed E-state index contributed by atoms with van der Waals surface area (Å²) in [4.78, 5) is 56.6. The first-order valence-electron chi connectivity index (χ1n) is 18.1. The van der Waals surface area contributed by atoms with E-state index in [1.54, 1.807) is 0 Å². The minimum Gasteiger partial charge on any atom is -0.453 e. The first kappa shape index (κ1) is 35.7. The summed E-state index contributed by atoms with van der Waals surface area (Å²) in [6.07, 6.45) is 5.83. The number of nitrogens with one attached hydrogen (secondary N) is 4. The fourth-order valence-corrected chi connectivity index (χ4v) is 7.13. The summed E-state index contributed by atoms with van der Waals surface area (Å²) in [5.41, 5.74) is 5.45. The number of fused-ring (bicyclic) bond motifs is 1. The van der Waals surface area contributed by atoms with E-state index in [2.05, 4.69) is 46.3 Å². The number of hydrogen-bond acceptors (Lipinski definition) is 6. The number of carbonyl (C=O) groups excluding carboxylic acids is 3. The number of amides is 3. The number of aromatic amines is 2. The van der Waals surface area contributed by atoms with E-state index in [-0.39, 0.29) is 41.7 Å². The normalized spacial score (nSPS) is 19.9. The maximum absolute atomic E-state index is 13.2. The number of rotatable bonds is 9. The molecular weight excluding hydrogens is 642 g/mol. The molecule has 1 saturated carbocycles. The zero-order valence-corrected chi connectivity index (χ0v) is 30.4. The van der Waals surface area contributed by atoms with Crippen LogP contribution in [0.1, 0.15) is 101 Å². The van der Waals surface area contributed by atoms with E-state index in [0.717, 1.165) is 83.7 Å². The molecule has 0 spiro atoms. The molecule has 2 aromatic heterocycles. The molecule has 2 aromatic carbocycles. The number of nitrogens with zero attached hydrogens (tertiary/aromatic N) is 3. The van der Waals surface area contributed by atoms with Crippen molar-refractivity contribution < 1.29 is 19.1 Å². The minimum atomic E-state index is -0.682. The van der Waals surface area contributed by atoms with Crippen LogP contribution in [0, 0.1) is 29.6 Å². The summed E-state index contributed by atoms with van der Waals surface area (Å²) in [6, 6.07) is 13.3. The standard InChI is InChI=1S/C40H49N7O4/c1-23(2)25(5)39(49)47-20-8-11-34(47)37-42-31-19-16-27(21-32(31)43-37)13-12-26-14-17-28(18-15-26)33-22-41-36(44-33)29-9-7-10-30(29)45-38(48)35(24(3)4)46-40(50)51-6/h14-19,21-25,29-30,34-35H,7-11,20H2,1-6H3,(H,41,44)(H,42,43)(H,45,48)(H,46,50)/t25-,29+,30+,34-,35-/m0/s1. The van der Waals surface area contributed by atoms with Crippen LogP contribution in [0.5, 0.6) is 0 Å². The summed E-state index contributed by atoms with van der Waals surface area (Å²) < 4.78 is 4.71. The van der Waals surface area contributed by atoms with Gasteiger partial charge in [-0.3, -0.25) is 9.59 Å². The largest absolute Gasteiger partial charge is 0.453 e. The Morgan fingerprint density at radius 2 is 1.65 bits per heavy atom. The Morgan fingerprint density at radius 1 is 0.902 bits per heavy atom. The van der Waals surface area contributed by atoms with Crippen LogP contribution in [-0.4, -0.2) is 68.5 Å². The van der Waals surface area contributed by atoms with Crippen LogP contribution in [0.3, 0.4) is 0 Å². The number of H-pyrrole nitrogens is 2. The number of alkyl carbamates (subject to hydrolysis) is 1. The third-order valence-corrected chi connectivity index (χ3v) is 10.5. The van der Waals surface area contributed by atoms with Crippen LogP contribution in [0.15, 0.2) is 48.7 Å². The molecule has 4 aromatic rings. The van der Waals surface area contributed by atoms with E-state index in [0.29, 0.717) is 5.92 Å². The van der Waals surface area contributed by atoms with Crippen molar-refractivity contribution in [3.8, 4) is 23.1 Å². The maximum Gasteiger partial charge on any atom is 0.407 e. The SMILES string of the molecule is COC(=O)N[C@H](C(=O)N[C@@H]1CCC[C@H]1c1ncc(-c2ccc(C#Cc3ccc4nc([C@@H]5CCCN5C(=O)[C@@H](C)C(C)C)[nH]c4c3)cc2)[nH]1)C(C)C. The lowest BCUT2D eigenvalue weighted by molar-refractivity contribution is -0.137. The molecule has 6 rings (SSSR count). The van der Waals surface area contributed by atoms with Crippen LogP contribution in [-0.2, 0) is 14.3 Å². The van der Waals surface area contributed by atoms with Crippen LogP contribution < -0.4 is 10.6 Å². The number of aromatic nitrogens is 4. The smallest absolute Gasteiger partial charge is 0.407 e. The fourth-order valence-electron chi connectivity index (χ4n) is 7.13. The van der Waals surface area contributed by atoms with E-state index in [4.69, 9.17) is 14.7 Å². The van der Waals surface area contributed by atoms with Crippen LogP contribution >= 0.6 is 0 Å². The van der Waals surface area contributed by atoms with Gasteiger partial charge in [-0.15, -0.1) is 0 Å². The molecule has 11 heteroatoms. The number of imidazole rings is 2. The van der Waals surface area contributed by atoms with Gasteiger partial charge in [0.15, 0.2) is 0 Å². The average molecular weight is 692 g/mol. The molecule has 2 aliphatic rings. The van der Waals surface area contributed by atoms with Crippen molar-refractivity contribution in [2.24, 2.45) is 17.8 Å². The number of benzene rings is 2. The van der Waals surface area contributed by atoms with Gasteiger partial charge in [0.25, 0.3) is 0 Å².